The zero-order chi connectivity index (χ0) is 18.4. The summed E-state index contributed by atoms with van der Waals surface area (Å²) in [5.74, 6) is 0.691. The number of guanidine groups is 1. The van der Waals surface area contributed by atoms with Crippen LogP contribution in [-0.4, -0.2) is 35.4 Å². The van der Waals surface area contributed by atoms with Crippen LogP contribution in [0.3, 0.4) is 0 Å². The van der Waals surface area contributed by atoms with Crippen molar-refractivity contribution in [2.45, 2.75) is 38.0 Å². The van der Waals surface area contributed by atoms with Crippen molar-refractivity contribution in [1.29, 1.82) is 0 Å². The van der Waals surface area contributed by atoms with E-state index >= 15 is 0 Å². The third kappa shape index (κ3) is 5.92. The molecule has 27 heavy (non-hydrogen) atoms. The zero-order valence-electron chi connectivity index (χ0n) is 16.0. The van der Waals surface area contributed by atoms with E-state index in [9.17, 15) is 4.39 Å². The highest BCUT2D eigenvalue weighted by Crippen LogP contribution is 2.49. The topological polar surface area (TPSA) is 54.2 Å². The fraction of sp³-hybridized carbons (Fsp3) is 0.500. The number of aliphatic imine (C=N–C) groups is 1. The lowest BCUT2D eigenvalue weighted by Gasteiger charge is -2.16. The lowest BCUT2D eigenvalue weighted by atomic mass is 9.95. The van der Waals surface area contributed by atoms with Gasteiger partial charge in [-0.25, -0.2) is 4.39 Å². The van der Waals surface area contributed by atoms with Crippen molar-refractivity contribution in [2.75, 3.05) is 19.6 Å². The molecule has 1 aromatic carbocycles. The third-order valence-electron chi connectivity index (χ3n) is 4.88. The second-order valence-corrected chi connectivity index (χ2v) is 7.01. The molecule has 3 rings (SSSR count). The predicted molar refractivity (Wildman–Crippen MR) is 118 cm³/mol. The largest absolute Gasteiger partial charge is 0.357 e. The Labute approximate surface area is 177 Å². The maximum absolute atomic E-state index is 14.1. The number of aryl methyl sites for hydroxylation is 2. The molecule has 1 aliphatic carbocycles. The molecule has 5 nitrogen and oxygen atoms in total. The molecule has 1 fully saturated rings. The van der Waals surface area contributed by atoms with Gasteiger partial charge in [-0.2, -0.15) is 5.10 Å². The molecule has 1 heterocycles. The number of nitrogens with one attached hydrogen (secondary N) is 2. The molecule has 1 aromatic heterocycles. The first-order valence-corrected chi connectivity index (χ1v) is 9.38. The Kier molecular flexibility index (Phi) is 8.07. The van der Waals surface area contributed by atoms with Crippen LogP contribution in [0, 0.1) is 5.82 Å². The molecule has 0 radical (unpaired) electrons. The Morgan fingerprint density at radius 1 is 1.30 bits per heavy atom. The molecule has 2 aromatic rings. The Morgan fingerprint density at radius 2 is 2.07 bits per heavy atom. The molecule has 148 valence electrons. The summed E-state index contributed by atoms with van der Waals surface area (Å²) in [6.07, 6.45) is 7.94. The van der Waals surface area contributed by atoms with Gasteiger partial charge >= 0.3 is 0 Å². The van der Waals surface area contributed by atoms with Crippen molar-refractivity contribution in [3.05, 3.63) is 53.6 Å². The van der Waals surface area contributed by atoms with Gasteiger partial charge in [0.2, 0.25) is 0 Å². The van der Waals surface area contributed by atoms with Crippen LogP contribution in [-0.2, 0) is 18.9 Å². The van der Waals surface area contributed by atoms with Crippen LogP contribution in [0.1, 0.15) is 37.3 Å². The number of aromatic nitrogens is 2. The van der Waals surface area contributed by atoms with Crippen LogP contribution in [0.15, 0.2) is 41.7 Å². The number of hydrogen-bond donors (Lipinski definition) is 2. The SMILES string of the molecule is CCNC(=NCC1(c2ccccc2F)CC1)NCCCc1cnn(C)c1.I. The van der Waals surface area contributed by atoms with Crippen molar-refractivity contribution in [1.82, 2.24) is 20.4 Å². The third-order valence-corrected chi connectivity index (χ3v) is 4.88. The standard InChI is InChI=1S/C20H28FN5.HI/c1-3-22-19(23-12-6-7-16-13-25-26(2)14-16)24-15-20(10-11-20)17-8-4-5-9-18(17)21;/h4-5,8-9,13-14H,3,6-7,10-12,15H2,1-2H3,(H2,22,23,24);1H. The predicted octanol–water partition coefficient (Wildman–Crippen LogP) is 3.40. The second-order valence-electron chi connectivity index (χ2n) is 7.01. The van der Waals surface area contributed by atoms with Crippen LogP contribution in [0.25, 0.3) is 0 Å². The molecular weight excluding hydrogens is 456 g/mol. The monoisotopic (exact) mass is 485 g/mol. The van der Waals surface area contributed by atoms with Crippen LogP contribution in [0.5, 0.6) is 0 Å². The van der Waals surface area contributed by atoms with Crippen molar-refractivity contribution >= 4 is 29.9 Å². The Morgan fingerprint density at radius 3 is 2.70 bits per heavy atom. The summed E-state index contributed by atoms with van der Waals surface area (Å²) in [6.45, 7) is 4.32. The minimum atomic E-state index is -0.122. The normalized spacial score (nSPS) is 15.1. The van der Waals surface area contributed by atoms with Crippen molar-refractivity contribution < 1.29 is 4.39 Å². The van der Waals surface area contributed by atoms with E-state index in [1.807, 2.05) is 36.3 Å². The number of halogens is 2. The molecule has 0 bridgehead atoms. The summed E-state index contributed by atoms with van der Waals surface area (Å²) < 4.78 is 15.9. The van der Waals surface area contributed by atoms with Gasteiger partial charge in [0.05, 0.1) is 12.7 Å². The van der Waals surface area contributed by atoms with Crippen molar-refractivity contribution in [3.63, 3.8) is 0 Å². The number of benzene rings is 1. The Bertz CT molecular complexity index is 754. The second kappa shape index (κ2) is 10.1. The van der Waals surface area contributed by atoms with E-state index in [0.29, 0.717) is 6.54 Å². The minimum absolute atomic E-state index is 0. The summed E-state index contributed by atoms with van der Waals surface area (Å²) in [4.78, 5) is 4.73. The van der Waals surface area contributed by atoms with Gasteiger partial charge in [-0.1, -0.05) is 18.2 Å². The first-order valence-electron chi connectivity index (χ1n) is 9.38. The molecule has 0 saturated heterocycles. The highest BCUT2D eigenvalue weighted by Gasteiger charge is 2.45. The van der Waals surface area contributed by atoms with Crippen molar-refractivity contribution in [2.24, 2.45) is 12.0 Å². The fourth-order valence-electron chi connectivity index (χ4n) is 3.23. The molecule has 0 atom stereocenters. The average molecular weight is 485 g/mol. The summed E-state index contributed by atoms with van der Waals surface area (Å²) in [5, 5.41) is 10.9. The summed E-state index contributed by atoms with van der Waals surface area (Å²) in [5.41, 5.74) is 1.92. The number of hydrogen-bond acceptors (Lipinski definition) is 2. The maximum Gasteiger partial charge on any atom is 0.191 e. The van der Waals surface area contributed by atoms with Crippen LogP contribution in [0.2, 0.25) is 0 Å². The molecule has 2 N–H and O–H groups in total. The summed E-state index contributed by atoms with van der Waals surface area (Å²) in [6, 6.07) is 7.09. The lowest BCUT2D eigenvalue weighted by Crippen LogP contribution is -2.38. The van der Waals surface area contributed by atoms with Gasteiger partial charge in [0, 0.05) is 31.7 Å². The molecule has 0 amide bonds. The molecular formula is C20H29FIN5. The zero-order valence-corrected chi connectivity index (χ0v) is 18.4. The molecule has 0 spiro atoms. The number of rotatable bonds is 8. The Balaban J connectivity index is 0.00000261. The lowest BCUT2D eigenvalue weighted by molar-refractivity contribution is 0.572. The minimum Gasteiger partial charge on any atom is -0.357 e. The number of nitrogens with zero attached hydrogens (tertiary/aromatic N) is 3. The van der Waals surface area contributed by atoms with Gasteiger partial charge < -0.3 is 10.6 Å². The average Bonchev–Trinajstić information content (AvgIpc) is 3.31. The highest BCUT2D eigenvalue weighted by atomic mass is 127. The fourth-order valence-corrected chi connectivity index (χ4v) is 3.23. The molecule has 1 aliphatic rings. The quantitative estimate of drug-likeness (QED) is 0.261. The van der Waals surface area contributed by atoms with Gasteiger partial charge in [-0.3, -0.25) is 9.67 Å². The van der Waals surface area contributed by atoms with E-state index in [0.717, 1.165) is 50.3 Å². The van der Waals surface area contributed by atoms with Gasteiger partial charge in [0.1, 0.15) is 5.82 Å². The first kappa shape index (κ1) is 21.7. The molecule has 0 aliphatic heterocycles. The van der Waals surface area contributed by atoms with E-state index in [2.05, 4.69) is 22.7 Å². The van der Waals surface area contributed by atoms with E-state index in [4.69, 9.17) is 4.99 Å². The van der Waals surface area contributed by atoms with Crippen LogP contribution in [0.4, 0.5) is 4.39 Å². The van der Waals surface area contributed by atoms with Crippen molar-refractivity contribution in [3.8, 4) is 0 Å². The van der Waals surface area contributed by atoms with E-state index in [1.54, 1.807) is 12.1 Å². The molecule has 0 unspecified atom stereocenters. The van der Waals surface area contributed by atoms with E-state index < -0.39 is 0 Å². The van der Waals surface area contributed by atoms with E-state index in [1.165, 1.54) is 5.56 Å². The maximum atomic E-state index is 14.1. The van der Waals surface area contributed by atoms with Crippen LogP contribution < -0.4 is 10.6 Å². The van der Waals surface area contributed by atoms with Gasteiger partial charge in [0.15, 0.2) is 5.96 Å². The highest BCUT2D eigenvalue weighted by molar-refractivity contribution is 14.0. The first-order chi connectivity index (χ1) is 12.6. The van der Waals surface area contributed by atoms with Crippen LogP contribution >= 0.6 is 24.0 Å². The summed E-state index contributed by atoms with van der Waals surface area (Å²) >= 11 is 0. The van der Waals surface area contributed by atoms with Gasteiger partial charge in [-0.05, 0) is 49.8 Å². The van der Waals surface area contributed by atoms with Gasteiger partial charge in [-0.15, -0.1) is 24.0 Å². The summed E-state index contributed by atoms with van der Waals surface area (Å²) in [7, 11) is 1.93. The molecule has 1 saturated carbocycles. The Hall–Kier alpha value is -1.64. The van der Waals surface area contributed by atoms with Gasteiger partial charge in [0.25, 0.3) is 0 Å². The molecule has 7 heteroatoms. The van der Waals surface area contributed by atoms with E-state index in [-0.39, 0.29) is 35.2 Å². The smallest absolute Gasteiger partial charge is 0.191 e.